The molecular weight excluding hydrogens is 345 g/mol. The Morgan fingerprint density at radius 2 is 2.08 bits per heavy atom. The predicted octanol–water partition coefficient (Wildman–Crippen LogP) is 3.14. The monoisotopic (exact) mass is 357 g/mol. The van der Waals surface area contributed by atoms with Gasteiger partial charge in [-0.05, 0) is 23.8 Å². The number of aromatic nitrogens is 6. The summed E-state index contributed by atoms with van der Waals surface area (Å²) in [5.74, 6) is 0.0806. The van der Waals surface area contributed by atoms with Gasteiger partial charge in [-0.25, -0.2) is 14.1 Å². The second kappa shape index (κ2) is 6.14. The fourth-order valence-electron chi connectivity index (χ4n) is 2.48. The van der Waals surface area contributed by atoms with Gasteiger partial charge >= 0.3 is 0 Å². The molecule has 4 aromatic rings. The number of halogens is 2. The van der Waals surface area contributed by atoms with Crippen LogP contribution in [0.2, 0.25) is 5.02 Å². The highest BCUT2D eigenvalue weighted by Crippen LogP contribution is 2.21. The maximum Gasteiger partial charge on any atom is 0.229 e. The summed E-state index contributed by atoms with van der Waals surface area (Å²) in [7, 11) is 1.83. The Bertz CT molecular complexity index is 1060. The first-order valence-electron chi connectivity index (χ1n) is 7.46. The van der Waals surface area contributed by atoms with E-state index < -0.39 is 0 Å². The molecule has 1 N–H and O–H groups in total. The number of aryl methyl sites for hydroxylation is 1. The molecule has 25 heavy (non-hydrogen) atoms. The van der Waals surface area contributed by atoms with Gasteiger partial charge in [0.05, 0.1) is 30.0 Å². The van der Waals surface area contributed by atoms with Crippen LogP contribution in [0.3, 0.4) is 0 Å². The van der Waals surface area contributed by atoms with Gasteiger partial charge in [0.2, 0.25) is 5.95 Å². The van der Waals surface area contributed by atoms with E-state index >= 15 is 0 Å². The summed E-state index contributed by atoms with van der Waals surface area (Å²) in [5.41, 5.74) is 2.04. The number of hydrogen-bond donors (Lipinski definition) is 1. The molecule has 3 aromatic heterocycles. The molecule has 3 heterocycles. The highest BCUT2D eigenvalue weighted by atomic mass is 35.5. The molecule has 9 heteroatoms. The molecule has 0 radical (unpaired) electrons. The van der Waals surface area contributed by atoms with E-state index in [0.29, 0.717) is 28.7 Å². The van der Waals surface area contributed by atoms with Gasteiger partial charge in [-0.15, -0.1) is 0 Å². The van der Waals surface area contributed by atoms with E-state index in [2.05, 4.69) is 25.5 Å². The Morgan fingerprint density at radius 1 is 1.20 bits per heavy atom. The largest absolute Gasteiger partial charge is 0.321 e. The van der Waals surface area contributed by atoms with E-state index in [1.165, 1.54) is 18.2 Å². The molecule has 0 amide bonds. The Labute approximate surface area is 147 Å². The zero-order chi connectivity index (χ0) is 17.4. The molecule has 126 valence electrons. The average Bonchev–Trinajstić information content (AvgIpc) is 3.17. The van der Waals surface area contributed by atoms with Crippen molar-refractivity contribution in [2.45, 2.75) is 6.54 Å². The van der Waals surface area contributed by atoms with Crippen LogP contribution in [0.1, 0.15) is 5.56 Å². The van der Waals surface area contributed by atoms with Gasteiger partial charge in [-0.1, -0.05) is 11.6 Å². The molecule has 0 spiro atoms. The Balaban J connectivity index is 1.67. The Hall–Kier alpha value is -3.00. The summed E-state index contributed by atoms with van der Waals surface area (Å²) in [6.45, 7) is 0.309. The Kier molecular flexibility index (Phi) is 3.81. The van der Waals surface area contributed by atoms with Crippen LogP contribution in [0.4, 0.5) is 16.0 Å². The third kappa shape index (κ3) is 3.16. The van der Waals surface area contributed by atoms with E-state index in [9.17, 15) is 4.39 Å². The van der Waals surface area contributed by atoms with Crippen molar-refractivity contribution in [1.29, 1.82) is 0 Å². The van der Waals surface area contributed by atoms with E-state index in [-0.39, 0.29) is 5.82 Å². The maximum atomic E-state index is 13.5. The number of benzene rings is 1. The van der Waals surface area contributed by atoms with Gasteiger partial charge in [0.1, 0.15) is 5.82 Å². The minimum Gasteiger partial charge on any atom is -0.321 e. The SMILES string of the molecule is Cn1cc(Nc2ncc3cnn(Cc4cc(F)ccc4Cl)c3n2)cn1. The van der Waals surface area contributed by atoms with Gasteiger partial charge in [0.15, 0.2) is 5.65 Å². The minimum absolute atomic E-state index is 0.309. The summed E-state index contributed by atoms with van der Waals surface area (Å²) in [4.78, 5) is 8.76. The fourth-order valence-corrected chi connectivity index (χ4v) is 2.66. The van der Waals surface area contributed by atoms with Crippen molar-refractivity contribution >= 4 is 34.3 Å². The van der Waals surface area contributed by atoms with Crippen LogP contribution in [0.15, 0.2) is 43.0 Å². The summed E-state index contributed by atoms with van der Waals surface area (Å²) in [6.07, 6.45) is 6.84. The van der Waals surface area contributed by atoms with E-state index in [1.807, 2.05) is 13.2 Å². The lowest BCUT2D eigenvalue weighted by atomic mass is 10.2. The van der Waals surface area contributed by atoms with E-state index in [0.717, 1.165) is 11.1 Å². The predicted molar refractivity (Wildman–Crippen MR) is 92.3 cm³/mol. The normalized spacial score (nSPS) is 11.2. The molecular formula is C16H13ClFN7. The number of fused-ring (bicyclic) bond motifs is 1. The van der Waals surface area contributed by atoms with Crippen LogP contribution in [0, 0.1) is 5.82 Å². The topological polar surface area (TPSA) is 73.5 Å². The summed E-state index contributed by atoms with van der Waals surface area (Å²) < 4.78 is 16.8. The van der Waals surface area contributed by atoms with Crippen molar-refractivity contribution in [2.75, 3.05) is 5.32 Å². The number of hydrogen-bond acceptors (Lipinski definition) is 5. The molecule has 0 atom stereocenters. The van der Waals surface area contributed by atoms with Gasteiger partial charge < -0.3 is 5.32 Å². The van der Waals surface area contributed by atoms with Crippen molar-refractivity contribution < 1.29 is 4.39 Å². The molecule has 1 aromatic carbocycles. The van der Waals surface area contributed by atoms with Crippen molar-refractivity contribution in [3.8, 4) is 0 Å². The molecule has 0 aliphatic heterocycles. The van der Waals surface area contributed by atoms with Crippen molar-refractivity contribution in [3.63, 3.8) is 0 Å². The van der Waals surface area contributed by atoms with Crippen LogP contribution < -0.4 is 5.32 Å². The van der Waals surface area contributed by atoms with Crippen LogP contribution >= 0.6 is 11.6 Å². The highest BCUT2D eigenvalue weighted by Gasteiger charge is 2.10. The lowest BCUT2D eigenvalue weighted by Crippen LogP contribution is -2.05. The molecule has 0 fully saturated rings. The van der Waals surface area contributed by atoms with Crippen molar-refractivity contribution in [1.82, 2.24) is 29.5 Å². The van der Waals surface area contributed by atoms with Crippen LogP contribution in [-0.2, 0) is 13.6 Å². The summed E-state index contributed by atoms with van der Waals surface area (Å²) in [6, 6.07) is 4.25. The summed E-state index contributed by atoms with van der Waals surface area (Å²) in [5, 5.41) is 12.7. The smallest absolute Gasteiger partial charge is 0.229 e. The van der Waals surface area contributed by atoms with Gasteiger partial charge in [-0.3, -0.25) is 4.68 Å². The zero-order valence-electron chi connectivity index (χ0n) is 13.2. The van der Waals surface area contributed by atoms with Crippen LogP contribution in [0.25, 0.3) is 11.0 Å². The molecule has 7 nitrogen and oxygen atoms in total. The maximum absolute atomic E-state index is 13.5. The van der Waals surface area contributed by atoms with E-state index in [1.54, 1.807) is 28.0 Å². The van der Waals surface area contributed by atoms with Crippen molar-refractivity contribution in [2.24, 2.45) is 7.05 Å². The zero-order valence-corrected chi connectivity index (χ0v) is 13.9. The minimum atomic E-state index is -0.343. The first-order chi connectivity index (χ1) is 12.1. The number of nitrogens with one attached hydrogen (secondary N) is 1. The molecule has 0 aliphatic carbocycles. The number of nitrogens with zero attached hydrogens (tertiary/aromatic N) is 6. The Morgan fingerprint density at radius 3 is 2.88 bits per heavy atom. The first-order valence-corrected chi connectivity index (χ1v) is 7.84. The molecule has 0 bridgehead atoms. The molecule has 0 unspecified atom stereocenters. The molecule has 4 rings (SSSR count). The van der Waals surface area contributed by atoms with Crippen molar-refractivity contribution in [3.05, 3.63) is 59.4 Å². The van der Waals surface area contributed by atoms with Crippen LogP contribution in [0.5, 0.6) is 0 Å². The van der Waals surface area contributed by atoms with Gasteiger partial charge in [-0.2, -0.15) is 15.2 Å². The summed E-state index contributed by atoms with van der Waals surface area (Å²) >= 11 is 6.14. The lowest BCUT2D eigenvalue weighted by Gasteiger charge is -2.07. The van der Waals surface area contributed by atoms with Gasteiger partial charge in [0, 0.05) is 24.5 Å². The molecule has 0 saturated carbocycles. The quantitative estimate of drug-likeness (QED) is 0.607. The third-order valence-corrected chi connectivity index (χ3v) is 4.03. The van der Waals surface area contributed by atoms with E-state index in [4.69, 9.17) is 11.6 Å². The average molecular weight is 358 g/mol. The molecule has 0 aliphatic rings. The fraction of sp³-hybridized carbons (Fsp3) is 0.125. The third-order valence-electron chi connectivity index (χ3n) is 3.67. The lowest BCUT2D eigenvalue weighted by molar-refractivity contribution is 0.620. The number of anilines is 2. The standard InChI is InChI=1S/C16H13ClFN7/c1-24-9-13(7-20-24)22-16-19-5-11-6-21-25(15(11)23-16)8-10-4-12(18)2-3-14(10)17/h2-7,9H,8H2,1H3,(H,19,22,23). The first kappa shape index (κ1) is 15.5. The second-order valence-electron chi connectivity index (χ2n) is 5.54. The second-order valence-corrected chi connectivity index (χ2v) is 5.95. The van der Waals surface area contributed by atoms with Gasteiger partial charge in [0.25, 0.3) is 0 Å². The number of rotatable bonds is 4. The molecule has 0 saturated heterocycles. The van der Waals surface area contributed by atoms with Crippen LogP contribution in [-0.4, -0.2) is 29.5 Å². The highest BCUT2D eigenvalue weighted by molar-refractivity contribution is 6.31.